The van der Waals surface area contributed by atoms with E-state index < -0.39 is 0 Å². The van der Waals surface area contributed by atoms with Crippen molar-refractivity contribution in [3.05, 3.63) is 192 Å². The highest BCUT2D eigenvalue weighted by Gasteiger charge is 2.19. The van der Waals surface area contributed by atoms with E-state index in [2.05, 4.69) is 149 Å². The molecule has 0 N–H and O–H groups in total. The van der Waals surface area contributed by atoms with Crippen LogP contribution in [0, 0.1) is 0 Å². The molecule has 3 heterocycles. The van der Waals surface area contributed by atoms with Crippen LogP contribution in [-0.2, 0) is 0 Å². The van der Waals surface area contributed by atoms with Crippen LogP contribution >= 0.6 is 0 Å². The minimum atomic E-state index is -0.0181. The summed E-state index contributed by atoms with van der Waals surface area (Å²) < 4.78 is 11.2. The van der Waals surface area contributed by atoms with Gasteiger partial charge in [0.1, 0.15) is 11.2 Å². The van der Waals surface area contributed by atoms with Crippen LogP contribution in [0.4, 0.5) is 0 Å². The summed E-state index contributed by atoms with van der Waals surface area (Å²) >= 11 is 0. The molecule has 0 saturated carbocycles. The summed E-state index contributed by atoms with van der Waals surface area (Å²) in [5, 5.41) is 5.89. The molecule has 0 fully saturated rings. The number of aromatic nitrogens is 2. The Balaban J connectivity index is 1.20. The Labute approximate surface area is 304 Å². The second-order valence-corrected chi connectivity index (χ2v) is 13.7. The number of hydrogen-bond donors (Lipinski definition) is 0. The minimum Gasteiger partial charge on any atom is -0.455 e. The first-order chi connectivity index (χ1) is 26.2. The minimum absolute atomic E-state index is 0.0181. The number of para-hydroxylation sites is 4. The van der Waals surface area contributed by atoms with Crippen molar-refractivity contribution in [3.63, 3.8) is 0 Å². The maximum atomic E-state index is 13.6. The summed E-state index contributed by atoms with van der Waals surface area (Å²) in [6.07, 6.45) is 0. The summed E-state index contributed by atoms with van der Waals surface area (Å²) in [5.41, 5.74) is 12.1. The summed E-state index contributed by atoms with van der Waals surface area (Å²) in [7, 11) is 0. The quantitative estimate of drug-likeness (QED) is 0.174. The Morgan fingerprint density at radius 3 is 1.70 bits per heavy atom. The topological polar surface area (TPSA) is 40.1 Å². The van der Waals surface area contributed by atoms with Crippen LogP contribution in [0.1, 0.15) is 0 Å². The molecule has 4 nitrogen and oxygen atoms in total. The molecule has 0 atom stereocenters. The fraction of sp³-hybridized carbons (Fsp3) is 0. The van der Waals surface area contributed by atoms with Crippen molar-refractivity contribution < 1.29 is 4.42 Å². The molecule has 11 rings (SSSR count). The van der Waals surface area contributed by atoms with E-state index in [-0.39, 0.29) is 5.43 Å². The first-order valence-electron chi connectivity index (χ1n) is 17.9. The highest BCUT2D eigenvalue weighted by molar-refractivity contribution is 6.13. The molecular formula is C49H30N2O2. The molecule has 0 radical (unpaired) electrons. The van der Waals surface area contributed by atoms with Crippen molar-refractivity contribution in [1.29, 1.82) is 0 Å². The highest BCUT2D eigenvalue weighted by atomic mass is 16.3. The lowest BCUT2D eigenvalue weighted by molar-refractivity contribution is 0.661. The van der Waals surface area contributed by atoms with E-state index in [4.69, 9.17) is 4.42 Å². The van der Waals surface area contributed by atoms with Gasteiger partial charge in [0.25, 0.3) is 0 Å². The van der Waals surface area contributed by atoms with Gasteiger partial charge in [-0.3, -0.25) is 4.79 Å². The molecule has 0 amide bonds. The van der Waals surface area contributed by atoms with Crippen LogP contribution in [0.2, 0.25) is 0 Å². The SMILES string of the molecule is O=c1c2ccccc2oc2c(-c3ccc4c(c3)c3cc(-n5c6ccccc6c6ccccc65)ccc3n4-c3cccc(-c4ccccc4)c3)cccc12. The average Bonchev–Trinajstić information content (AvgIpc) is 3.73. The smallest absolute Gasteiger partial charge is 0.200 e. The molecule has 0 bridgehead atoms. The molecule has 0 saturated heterocycles. The number of hydrogen-bond acceptors (Lipinski definition) is 2. The maximum absolute atomic E-state index is 13.6. The van der Waals surface area contributed by atoms with Crippen LogP contribution in [0.5, 0.6) is 0 Å². The van der Waals surface area contributed by atoms with Gasteiger partial charge in [0, 0.05) is 38.5 Å². The second-order valence-electron chi connectivity index (χ2n) is 13.7. The van der Waals surface area contributed by atoms with Crippen molar-refractivity contribution in [3.8, 4) is 33.6 Å². The van der Waals surface area contributed by atoms with Gasteiger partial charge in [-0.05, 0) is 89.5 Å². The molecule has 53 heavy (non-hydrogen) atoms. The zero-order valence-corrected chi connectivity index (χ0v) is 28.5. The van der Waals surface area contributed by atoms with E-state index in [0.717, 1.165) is 49.9 Å². The fourth-order valence-electron chi connectivity index (χ4n) is 8.30. The van der Waals surface area contributed by atoms with Crippen LogP contribution < -0.4 is 5.43 Å². The van der Waals surface area contributed by atoms with Gasteiger partial charge in [-0.15, -0.1) is 0 Å². The summed E-state index contributed by atoms with van der Waals surface area (Å²) in [6, 6.07) is 63.3. The van der Waals surface area contributed by atoms with E-state index in [1.807, 2.05) is 42.5 Å². The standard InChI is InChI=1S/C49H30N2O2/c52-48-39-18-6-9-23-47(39)53-49-36(19-11-20-40(48)49)33-24-26-45-41(29-33)42-30-35(51-43-21-7-4-16-37(43)38-17-5-8-22-44(38)51)25-27-46(42)50(45)34-15-10-14-32(28-34)31-12-2-1-3-13-31/h1-30H. The predicted octanol–water partition coefficient (Wildman–Crippen LogP) is 12.5. The van der Waals surface area contributed by atoms with Crippen LogP contribution in [0.15, 0.2) is 191 Å². The Bertz CT molecular complexity index is 3260. The highest BCUT2D eigenvalue weighted by Crippen LogP contribution is 2.40. The molecule has 8 aromatic carbocycles. The molecule has 0 aliphatic heterocycles. The largest absolute Gasteiger partial charge is 0.455 e. The molecule has 0 aliphatic carbocycles. The number of nitrogens with zero attached hydrogens (tertiary/aromatic N) is 2. The molecular weight excluding hydrogens is 649 g/mol. The van der Waals surface area contributed by atoms with Gasteiger partial charge in [0.15, 0.2) is 0 Å². The Hall–Kier alpha value is -7.17. The summed E-state index contributed by atoms with van der Waals surface area (Å²) in [4.78, 5) is 13.6. The lowest BCUT2D eigenvalue weighted by atomic mass is 9.99. The predicted molar refractivity (Wildman–Crippen MR) is 220 cm³/mol. The third kappa shape index (κ3) is 4.46. The first-order valence-corrected chi connectivity index (χ1v) is 17.9. The van der Waals surface area contributed by atoms with Gasteiger partial charge < -0.3 is 13.6 Å². The van der Waals surface area contributed by atoms with Crippen molar-refractivity contribution >= 4 is 65.6 Å². The van der Waals surface area contributed by atoms with Gasteiger partial charge in [-0.25, -0.2) is 0 Å². The zero-order valence-electron chi connectivity index (χ0n) is 28.5. The Morgan fingerprint density at radius 1 is 0.358 bits per heavy atom. The lowest BCUT2D eigenvalue weighted by Gasteiger charge is -2.12. The maximum Gasteiger partial charge on any atom is 0.200 e. The second kappa shape index (κ2) is 11.4. The monoisotopic (exact) mass is 678 g/mol. The first kappa shape index (κ1) is 29.5. The van der Waals surface area contributed by atoms with Gasteiger partial charge >= 0.3 is 0 Å². The fourth-order valence-corrected chi connectivity index (χ4v) is 8.30. The van der Waals surface area contributed by atoms with E-state index in [1.165, 1.54) is 27.4 Å². The van der Waals surface area contributed by atoms with Crippen LogP contribution in [0.25, 0.3) is 99.2 Å². The molecule has 248 valence electrons. The molecule has 0 aliphatic rings. The number of benzene rings is 8. The zero-order chi connectivity index (χ0) is 35.0. The lowest BCUT2D eigenvalue weighted by Crippen LogP contribution is -2.02. The summed E-state index contributed by atoms with van der Waals surface area (Å²) in [5.74, 6) is 0. The Morgan fingerprint density at radius 2 is 0.925 bits per heavy atom. The molecule has 11 aromatic rings. The number of fused-ring (bicyclic) bond motifs is 8. The summed E-state index contributed by atoms with van der Waals surface area (Å²) in [6.45, 7) is 0. The van der Waals surface area contributed by atoms with E-state index in [9.17, 15) is 4.79 Å². The van der Waals surface area contributed by atoms with E-state index >= 15 is 0 Å². The third-order valence-electron chi connectivity index (χ3n) is 10.7. The Kier molecular flexibility index (Phi) is 6.37. The van der Waals surface area contributed by atoms with Crippen LogP contribution in [0.3, 0.4) is 0 Å². The van der Waals surface area contributed by atoms with Crippen molar-refractivity contribution in [1.82, 2.24) is 9.13 Å². The van der Waals surface area contributed by atoms with Crippen molar-refractivity contribution in [2.24, 2.45) is 0 Å². The van der Waals surface area contributed by atoms with Gasteiger partial charge in [0.2, 0.25) is 5.43 Å². The van der Waals surface area contributed by atoms with Gasteiger partial charge in [-0.1, -0.05) is 109 Å². The molecule has 3 aromatic heterocycles. The molecule has 4 heteroatoms. The third-order valence-corrected chi connectivity index (χ3v) is 10.7. The van der Waals surface area contributed by atoms with Crippen molar-refractivity contribution in [2.45, 2.75) is 0 Å². The van der Waals surface area contributed by atoms with Gasteiger partial charge in [0.05, 0.1) is 32.8 Å². The van der Waals surface area contributed by atoms with Crippen LogP contribution in [-0.4, -0.2) is 9.13 Å². The van der Waals surface area contributed by atoms with E-state index in [0.29, 0.717) is 21.9 Å². The molecule has 0 unspecified atom stereocenters. The van der Waals surface area contributed by atoms with Crippen molar-refractivity contribution in [2.75, 3.05) is 0 Å². The normalized spacial score (nSPS) is 11.8. The number of rotatable bonds is 4. The van der Waals surface area contributed by atoms with Gasteiger partial charge in [-0.2, -0.15) is 0 Å². The van der Waals surface area contributed by atoms with E-state index in [1.54, 1.807) is 0 Å². The molecule has 0 spiro atoms. The average molecular weight is 679 g/mol.